The highest BCUT2D eigenvalue weighted by Gasteiger charge is 2.16. The molecule has 5 nitrogen and oxygen atoms in total. The van der Waals surface area contributed by atoms with E-state index in [1.165, 1.54) is 0 Å². The van der Waals surface area contributed by atoms with Crippen molar-refractivity contribution in [1.29, 1.82) is 0 Å². The second-order valence-electron chi connectivity index (χ2n) is 4.32. The van der Waals surface area contributed by atoms with Gasteiger partial charge in [0, 0.05) is 26.2 Å². The van der Waals surface area contributed by atoms with E-state index in [0.29, 0.717) is 12.4 Å². The number of benzene rings is 1. The number of hydrogen-bond donors (Lipinski definition) is 1. The molecule has 0 atom stereocenters. The Bertz CT molecular complexity index is 405. The molecule has 2 rings (SSSR count). The number of ether oxygens (including phenoxy) is 2. The molecule has 0 spiro atoms. The van der Waals surface area contributed by atoms with Gasteiger partial charge in [-0.05, 0) is 31.2 Å². The van der Waals surface area contributed by atoms with Crippen molar-refractivity contribution in [3.8, 4) is 11.5 Å². The Kier molecular flexibility index (Phi) is 7.18. The van der Waals surface area contributed by atoms with Crippen LogP contribution in [0, 0.1) is 0 Å². The minimum absolute atomic E-state index is 0. The van der Waals surface area contributed by atoms with Gasteiger partial charge < -0.3 is 19.7 Å². The number of carbonyl (C=O) groups is 1. The van der Waals surface area contributed by atoms with Gasteiger partial charge in [0.2, 0.25) is 0 Å². The topological polar surface area (TPSA) is 50.8 Å². The van der Waals surface area contributed by atoms with Crippen LogP contribution >= 0.6 is 12.4 Å². The lowest BCUT2D eigenvalue weighted by atomic mass is 10.3. The minimum atomic E-state index is 0. The number of rotatable bonds is 5. The van der Waals surface area contributed by atoms with Crippen molar-refractivity contribution in [2.45, 2.75) is 6.92 Å². The van der Waals surface area contributed by atoms with Crippen molar-refractivity contribution in [2.24, 2.45) is 0 Å². The normalized spacial score (nSPS) is 14.3. The Morgan fingerprint density at radius 2 is 1.70 bits per heavy atom. The van der Waals surface area contributed by atoms with Crippen LogP contribution in [-0.2, 0) is 4.79 Å². The standard InChI is InChI=1S/C14H20N2O3.ClH/c1-2-18-12-3-5-13(6-4-12)19-11-14(17)16-9-7-15-8-10-16;/h3-6,15H,2,7-11H2,1H3;1H. The molecule has 0 aliphatic carbocycles. The van der Waals surface area contributed by atoms with Crippen LogP contribution in [0.5, 0.6) is 11.5 Å². The van der Waals surface area contributed by atoms with Gasteiger partial charge in [-0.2, -0.15) is 0 Å². The number of carbonyl (C=O) groups excluding carboxylic acids is 1. The van der Waals surface area contributed by atoms with Gasteiger partial charge in [-0.1, -0.05) is 0 Å². The fraction of sp³-hybridized carbons (Fsp3) is 0.500. The first kappa shape index (κ1) is 16.6. The Hall–Kier alpha value is -1.46. The summed E-state index contributed by atoms with van der Waals surface area (Å²) < 4.78 is 10.8. The van der Waals surface area contributed by atoms with Crippen molar-refractivity contribution in [2.75, 3.05) is 39.4 Å². The summed E-state index contributed by atoms with van der Waals surface area (Å²) in [6.07, 6.45) is 0. The van der Waals surface area contributed by atoms with E-state index in [1.54, 1.807) is 0 Å². The maximum Gasteiger partial charge on any atom is 0.260 e. The second-order valence-corrected chi connectivity index (χ2v) is 4.32. The Morgan fingerprint density at radius 3 is 2.25 bits per heavy atom. The van der Waals surface area contributed by atoms with Crippen LogP contribution in [0.15, 0.2) is 24.3 Å². The molecule has 0 unspecified atom stereocenters. The lowest BCUT2D eigenvalue weighted by molar-refractivity contribution is -0.133. The number of nitrogens with zero attached hydrogens (tertiary/aromatic N) is 1. The molecule has 1 aliphatic heterocycles. The van der Waals surface area contributed by atoms with E-state index in [-0.39, 0.29) is 24.9 Å². The molecule has 0 bridgehead atoms. The SMILES string of the molecule is CCOc1ccc(OCC(=O)N2CCNCC2)cc1.Cl. The Balaban J connectivity index is 0.00000200. The van der Waals surface area contributed by atoms with Crippen molar-refractivity contribution in [1.82, 2.24) is 10.2 Å². The van der Waals surface area contributed by atoms with E-state index in [9.17, 15) is 4.79 Å². The second kappa shape index (κ2) is 8.66. The molecule has 112 valence electrons. The largest absolute Gasteiger partial charge is 0.494 e. The van der Waals surface area contributed by atoms with E-state index < -0.39 is 0 Å². The van der Waals surface area contributed by atoms with Crippen molar-refractivity contribution < 1.29 is 14.3 Å². The molecule has 1 fully saturated rings. The zero-order valence-electron chi connectivity index (χ0n) is 11.6. The summed E-state index contributed by atoms with van der Waals surface area (Å²) in [6, 6.07) is 7.31. The number of amides is 1. The zero-order valence-corrected chi connectivity index (χ0v) is 12.4. The highest BCUT2D eigenvalue weighted by molar-refractivity contribution is 5.85. The van der Waals surface area contributed by atoms with Crippen LogP contribution in [0.25, 0.3) is 0 Å². The van der Waals surface area contributed by atoms with E-state index in [1.807, 2.05) is 36.1 Å². The average Bonchev–Trinajstić information content (AvgIpc) is 2.47. The Labute approximate surface area is 125 Å². The maximum atomic E-state index is 11.9. The molecule has 1 aromatic rings. The summed E-state index contributed by atoms with van der Waals surface area (Å²) in [4.78, 5) is 13.7. The molecular formula is C14H21ClN2O3. The number of nitrogens with one attached hydrogen (secondary N) is 1. The smallest absolute Gasteiger partial charge is 0.260 e. The van der Waals surface area contributed by atoms with Crippen molar-refractivity contribution in [3.05, 3.63) is 24.3 Å². The average molecular weight is 301 g/mol. The molecule has 1 aromatic carbocycles. The number of piperazine rings is 1. The summed E-state index contributed by atoms with van der Waals surface area (Å²) in [7, 11) is 0. The molecule has 1 aliphatic rings. The third-order valence-electron chi connectivity index (χ3n) is 2.97. The molecule has 1 heterocycles. The van der Waals surface area contributed by atoms with Gasteiger partial charge in [0.25, 0.3) is 5.91 Å². The van der Waals surface area contributed by atoms with Gasteiger partial charge >= 0.3 is 0 Å². The Morgan fingerprint density at radius 1 is 1.15 bits per heavy atom. The highest BCUT2D eigenvalue weighted by Crippen LogP contribution is 2.17. The van der Waals surface area contributed by atoms with Gasteiger partial charge in [-0.25, -0.2) is 0 Å². The quantitative estimate of drug-likeness (QED) is 0.891. The monoisotopic (exact) mass is 300 g/mol. The molecule has 0 aromatic heterocycles. The number of hydrogen-bond acceptors (Lipinski definition) is 4. The first-order valence-electron chi connectivity index (χ1n) is 6.63. The van der Waals surface area contributed by atoms with E-state index in [4.69, 9.17) is 9.47 Å². The summed E-state index contributed by atoms with van der Waals surface area (Å²) in [5.74, 6) is 1.53. The summed E-state index contributed by atoms with van der Waals surface area (Å²) in [6.45, 7) is 5.90. The predicted molar refractivity (Wildman–Crippen MR) is 79.8 cm³/mol. The lowest BCUT2D eigenvalue weighted by Gasteiger charge is -2.27. The highest BCUT2D eigenvalue weighted by atomic mass is 35.5. The van der Waals surface area contributed by atoms with Gasteiger partial charge in [-0.15, -0.1) is 12.4 Å². The van der Waals surface area contributed by atoms with Crippen LogP contribution in [0.2, 0.25) is 0 Å². The van der Waals surface area contributed by atoms with Gasteiger partial charge in [0.15, 0.2) is 6.61 Å². The van der Waals surface area contributed by atoms with E-state index in [0.717, 1.165) is 31.9 Å². The molecule has 0 radical (unpaired) electrons. The molecule has 1 N–H and O–H groups in total. The van der Waals surface area contributed by atoms with Gasteiger partial charge in [-0.3, -0.25) is 4.79 Å². The summed E-state index contributed by atoms with van der Waals surface area (Å²) in [5, 5.41) is 3.21. The van der Waals surface area contributed by atoms with Gasteiger partial charge in [0.1, 0.15) is 11.5 Å². The van der Waals surface area contributed by atoms with Crippen LogP contribution < -0.4 is 14.8 Å². The molecule has 20 heavy (non-hydrogen) atoms. The third kappa shape index (κ3) is 4.90. The summed E-state index contributed by atoms with van der Waals surface area (Å²) in [5.41, 5.74) is 0. The predicted octanol–water partition coefficient (Wildman–Crippen LogP) is 1.32. The van der Waals surface area contributed by atoms with E-state index >= 15 is 0 Å². The first-order chi connectivity index (χ1) is 9.29. The van der Waals surface area contributed by atoms with Gasteiger partial charge in [0.05, 0.1) is 6.61 Å². The molecular weight excluding hydrogens is 280 g/mol. The summed E-state index contributed by atoms with van der Waals surface area (Å²) >= 11 is 0. The fourth-order valence-electron chi connectivity index (χ4n) is 1.95. The lowest BCUT2D eigenvalue weighted by Crippen LogP contribution is -2.47. The van der Waals surface area contributed by atoms with Crippen LogP contribution in [0.4, 0.5) is 0 Å². The maximum absolute atomic E-state index is 11.9. The third-order valence-corrected chi connectivity index (χ3v) is 2.97. The van der Waals surface area contributed by atoms with Crippen LogP contribution in [0.3, 0.4) is 0 Å². The zero-order chi connectivity index (χ0) is 13.5. The number of halogens is 1. The van der Waals surface area contributed by atoms with Crippen molar-refractivity contribution in [3.63, 3.8) is 0 Å². The van der Waals surface area contributed by atoms with Crippen LogP contribution in [-0.4, -0.2) is 50.2 Å². The fourth-order valence-corrected chi connectivity index (χ4v) is 1.95. The molecule has 0 saturated carbocycles. The first-order valence-corrected chi connectivity index (χ1v) is 6.63. The van der Waals surface area contributed by atoms with E-state index in [2.05, 4.69) is 5.32 Å². The van der Waals surface area contributed by atoms with Crippen LogP contribution in [0.1, 0.15) is 6.92 Å². The van der Waals surface area contributed by atoms with Crippen molar-refractivity contribution >= 4 is 18.3 Å². The molecule has 1 amide bonds. The molecule has 1 saturated heterocycles. The minimum Gasteiger partial charge on any atom is -0.494 e. The molecule has 6 heteroatoms.